The first-order valence-electron chi connectivity index (χ1n) is 9.87. The number of rotatable bonds is 17. The third-order valence-corrected chi connectivity index (χ3v) is 3.71. The summed E-state index contributed by atoms with van der Waals surface area (Å²) >= 11 is 0. The van der Waals surface area contributed by atoms with E-state index < -0.39 is 5.91 Å². The third kappa shape index (κ3) is 15.4. The molecule has 0 saturated carbocycles. The van der Waals surface area contributed by atoms with Crippen LogP contribution in [0.4, 0.5) is 0 Å². The summed E-state index contributed by atoms with van der Waals surface area (Å²) in [4.78, 5) is 48.3. The van der Waals surface area contributed by atoms with Crippen molar-refractivity contribution in [3.8, 4) is 0 Å². The van der Waals surface area contributed by atoms with Gasteiger partial charge in [-0.1, -0.05) is 13.8 Å². The van der Waals surface area contributed by atoms with Crippen molar-refractivity contribution in [2.24, 2.45) is 5.73 Å². The first-order valence-corrected chi connectivity index (χ1v) is 9.87. The highest BCUT2D eigenvalue weighted by Crippen LogP contribution is 1.90. The van der Waals surface area contributed by atoms with Gasteiger partial charge in [0.2, 0.25) is 23.6 Å². The lowest BCUT2D eigenvalue weighted by Crippen LogP contribution is -2.46. The van der Waals surface area contributed by atoms with E-state index in [0.717, 1.165) is 0 Å². The Hall–Kier alpha value is -2.24. The molecule has 29 heavy (non-hydrogen) atoms. The highest BCUT2D eigenvalue weighted by molar-refractivity contribution is 5.85. The second kappa shape index (κ2) is 17.8. The Balaban J connectivity index is 4.28. The molecule has 11 nitrogen and oxygen atoms in total. The fraction of sp³-hybridized carbons (Fsp3) is 0.778. The molecule has 0 aliphatic carbocycles. The number of nitrogens with zero attached hydrogens (tertiary/aromatic N) is 1. The van der Waals surface area contributed by atoms with Crippen molar-refractivity contribution < 1.29 is 28.7 Å². The predicted octanol–water partition coefficient (Wildman–Crippen LogP) is -2.02. The Labute approximate surface area is 172 Å². The average Bonchev–Trinajstić information content (AvgIpc) is 2.72. The molecular weight excluding hydrogens is 382 g/mol. The number of nitrogens with two attached hydrogens (primary N) is 1. The van der Waals surface area contributed by atoms with Crippen LogP contribution in [-0.4, -0.2) is 94.2 Å². The number of hydrogen-bond acceptors (Lipinski definition) is 7. The molecule has 0 heterocycles. The fourth-order valence-corrected chi connectivity index (χ4v) is 2.08. The number of hydrogen-bond donors (Lipinski definition) is 4. The number of carbonyl (C=O) groups excluding carboxylic acids is 4. The van der Waals surface area contributed by atoms with Gasteiger partial charge in [0.05, 0.1) is 26.4 Å². The summed E-state index contributed by atoms with van der Waals surface area (Å²) in [5.41, 5.74) is 5.28. The second-order valence-corrected chi connectivity index (χ2v) is 6.02. The van der Waals surface area contributed by atoms with Gasteiger partial charge in [0.1, 0.15) is 6.61 Å². The highest BCUT2D eigenvalue weighted by Gasteiger charge is 2.15. The minimum absolute atomic E-state index is 0.113. The Bertz CT molecular complexity index is 481. The van der Waals surface area contributed by atoms with Crippen LogP contribution in [0.2, 0.25) is 0 Å². The zero-order valence-electron chi connectivity index (χ0n) is 17.5. The van der Waals surface area contributed by atoms with Crippen molar-refractivity contribution in [1.82, 2.24) is 20.9 Å². The zero-order chi connectivity index (χ0) is 21.9. The fourth-order valence-electron chi connectivity index (χ4n) is 2.08. The summed E-state index contributed by atoms with van der Waals surface area (Å²) in [6.45, 7) is 5.66. The number of ether oxygens (including phenoxy) is 2. The summed E-state index contributed by atoms with van der Waals surface area (Å²) in [7, 11) is 0. The predicted molar refractivity (Wildman–Crippen MR) is 107 cm³/mol. The molecule has 0 atom stereocenters. The van der Waals surface area contributed by atoms with Crippen LogP contribution in [0.25, 0.3) is 0 Å². The maximum absolute atomic E-state index is 12.4. The normalized spacial score (nSPS) is 10.3. The van der Waals surface area contributed by atoms with Crippen LogP contribution in [0, 0.1) is 0 Å². The van der Waals surface area contributed by atoms with Gasteiger partial charge in [-0.15, -0.1) is 0 Å². The van der Waals surface area contributed by atoms with Crippen molar-refractivity contribution in [2.45, 2.75) is 26.7 Å². The van der Waals surface area contributed by atoms with Crippen molar-refractivity contribution >= 4 is 23.6 Å². The van der Waals surface area contributed by atoms with E-state index in [1.807, 2.05) is 0 Å². The molecule has 5 N–H and O–H groups in total. The monoisotopic (exact) mass is 417 g/mol. The van der Waals surface area contributed by atoms with Gasteiger partial charge in [0, 0.05) is 45.6 Å². The van der Waals surface area contributed by atoms with E-state index in [2.05, 4.69) is 16.0 Å². The summed E-state index contributed by atoms with van der Waals surface area (Å²) in [6, 6.07) is 0. The summed E-state index contributed by atoms with van der Waals surface area (Å²) in [5.74, 6) is -0.966. The van der Waals surface area contributed by atoms with Crippen molar-refractivity contribution in [3.63, 3.8) is 0 Å². The first-order chi connectivity index (χ1) is 13.9. The molecule has 0 bridgehead atoms. The smallest absolute Gasteiger partial charge is 0.246 e. The molecule has 0 fully saturated rings. The van der Waals surface area contributed by atoms with E-state index in [1.165, 1.54) is 4.90 Å². The lowest BCUT2D eigenvalue weighted by atomic mass is 10.3. The summed E-state index contributed by atoms with van der Waals surface area (Å²) < 4.78 is 10.3. The molecule has 0 aromatic heterocycles. The lowest BCUT2D eigenvalue weighted by Gasteiger charge is -2.23. The van der Waals surface area contributed by atoms with Crippen LogP contribution in [0.15, 0.2) is 0 Å². The van der Waals surface area contributed by atoms with E-state index in [-0.39, 0.29) is 50.6 Å². The number of amides is 4. The molecule has 0 radical (unpaired) electrons. The highest BCUT2D eigenvalue weighted by atomic mass is 16.5. The quantitative estimate of drug-likeness (QED) is 0.199. The largest absolute Gasteiger partial charge is 0.378 e. The summed E-state index contributed by atoms with van der Waals surface area (Å²) in [5, 5.41) is 7.88. The van der Waals surface area contributed by atoms with Gasteiger partial charge >= 0.3 is 0 Å². The molecular formula is C18H35N5O6. The molecule has 0 aromatic rings. The Morgan fingerprint density at radius 1 is 0.793 bits per heavy atom. The maximum Gasteiger partial charge on any atom is 0.246 e. The van der Waals surface area contributed by atoms with Gasteiger partial charge in [-0.2, -0.15) is 0 Å². The average molecular weight is 418 g/mol. The van der Waals surface area contributed by atoms with Crippen LogP contribution < -0.4 is 21.7 Å². The van der Waals surface area contributed by atoms with Gasteiger partial charge in [-0.25, -0.2) is 0 Å². The molecule has 0 spiro atoms. The lowest BCUT2D eigenvalue weighted by molar-refractivity contribution is -0.134. The van der Waals surface area contributed by atoms with E-state index >= 15 is 0 Å². The van der Waals surface area contributed by atoms with Gasteiger partial charge < -0.3 is 36.1 Å². The molecule has 0 aliphatic heterocycles. The molecule has 4 amide bonds. The Morgan fingerprint density at radius 3 is 1.86 bits per heavy atom. The van der Waals surface area contributed by atoms with Crippen molar-refractivity contribution in [3.05, 3.63) is 0 Å². The van der Waals surface area contributed by atoms with Crippen LogP contribution in [0.3, 0.4) is 0 Å². The van der Waals surface area contributed by atoms with Crippen molar-refractivity contribution in [2.75, 3.05) is 65.7 Å². The van der Waals surface area contributed by atoms with Crippen molar-refractivity contribution in [1.29, 1.82) is 0 Å². The minimum atomic E-state index is -0.421. The molecule has 0 aliphatic rings. The van der Waals surface area contributed by atoms with Crippen LogP contribution in [0.5, 0.6) is 0 Å². The van der Waals surface area contributed by atoms with Crippen LogP contribution in [0.1, 0.15) is 26.7 Å². The molecule has 168 valence electrons. The topological polar surface area (TPSA) is 152 Å². The first kappa shape index (κ1) is 26.8. The number of nitrogens with one attached hydrogen (secondary N) is 3. The van der Waals surface area contributed by atoms with Gasteiger partial charge in [0.25, 0.3) is 0 Å². The van der Waals surface area contributed by atoms with Gasteiger partial charge in [-0.05, 0) is 0 Å². The third-order valence-electron chi connectivity index (χ3n) is 3.71. The van der Waals surface area contributed by atoms with E-state index in [0.29, 0.717) is 45.7 Å². The van der Waals surface area contributed by atoms with E-state index in [4.69, 9.17) is 15.2 Å². The Kier molecular flexibility index (Phi) is 16.5. The molecule has 0 aromatic carbocycles. The zero-order valence-corrected chi connectivity index (χ0v) is 17.5. The molecule has 0 unspecified atom stereocenters. The second-order valence-electron chi connectivity index (χ2n) is 6.02. The molecule has 0 rings (SSSR count). The maximum atomic E-state index is 12.4. The van der Waals surface area contributed by atoms with Gasteiger partial charge in [0.15, 0.2) is 0 Å². The van der Waals surface area contributed by atoms with Crippen LogP contribution >= 0.6 is 0 Å². The molecule has 0 saturated heterocycles. The Morgan fingerprint density at radius 2 is 1.34 bits per heavy atom. The number of carbonyl (C=O) groups is 4. The minimum Gasteiger partial charge on any atom is -0.378 e. The SMILES string of the molecule is CCC(=O)NCCN(CCNC(=O)CC)C(=O)CNC(=O)COCCOCCN. The van der Waals surface area contributed by atoms with Crippen LogP contribution in [-0.2, 0) is 28.7 Å². The van der Waals surface area contributed by atoms with E-state index in [9.17, 15) is 19.2 Å². The standard InChI is InChI=1S/C18H35N5O6/c1-3-15(24)20-6-8-23(9-7-21-16(25)4-2)18(27)13-22-17(26)14-29-12-11-28-10-5-19/h3-14,19H2,1-2H3,(H,20,24)(H,21,25)(H,22,26). The summed E-state index contributed by atoms with van der Waals surface area (Å²) in [6.07, 6.45) is 0.710. The van der Waals surface area contributed by atoms with E-state index in [1.54, 1.807) is 13.8 Å². The molecule has 11 heteroatoms. The van der Waals surface area contributed by atoms with Gasteiger partial charge in [-0.3, -0.25) is 19.2 Å².